The van der Waals surface area contributed by atoms with E-state index in [9.17, 15) is 32.5 Å². The van der Waals surface area contributed by atoms with Gasteiger partial charge in [-0.25, -0.2) is 0 Å². The maximum absolute atomic E-state index is 13.3. The summed E-state index contributed by atoms with van der Waals surface area (Å²) in [5.74, 6) is -3.07. The van der Waals surface area contributed by atoms with Crippen LogP contribution in [0.5, 0.6) is 0 Å². The first kappa shape index (κ1) is 13.1. The van der Waals surface area contributed by atoms with Crippen LogP contribution in [0.1, 0.15) is 22.8 Å². The first-order valence-corrected chi connectivity index (χ1v) is 4.21. The number of rotatable bonds is 2. The van der Waals surface area contributed by atoms with Crippen LogP contribution in [-0.4, -0.2) is 10.7 Å². The number of nitrogens with zero attached hydrogens (tertiary/aromatic N) is 1. The molecule has 0 N–H and O–H groups in total. The summed E-state index contributed by atoms with van der Waals surface area (Å²) in [5.41, 5.74) is -4.15. The Morgan fingerprint density at radius 2 is 1.88 bits per heavy atom. The van der Waals surface area contributed by atoms with Gasteiger partial charge in [-0.3, -0.25) is 14.9 Å². The Bertz CT molecular complexity index is 496. The summed E-state index contributed by atoms with van der Waals surface area (Å²) in [6, 6.07) is 1.12. The first-order chi connectivity index (χ1) is 7.66. The van der Waals surface area contributed by atoms with E-state index in [1.54, 1.807) is 0 Å². The number of nitro benzene ring substituents is 1. The maximum atomic E-state index is 13.3. The van der Waals surface area contributed by atoms with Gasteiger partial charge in [0.1, 0.15) is 5.56 Å². The maximum Gasteiger partial charge on any atom is 0.420 e. The van der Waals surface area contributed by atoms with Gasteiger partial charge in [-0.1, -0.05) is 0 Å². The van der Waals surface area contributed by atoms with Crippen LogP contribution in [-0.2, 0) is 6.18 Å². The van der Waals surface area contributed by atoms with Crippen LogP contribution < -0.4 is 0 Å². The average Bonchev–Trinajstić information content (AvgIpc) is 2.14. The molecule has 1 aromatic rings. The number of carbonyl (C=O) groups is 1. The first-order valence-electron chi connectivity index (χ1n) is 4.21. The number of Topliss-reactive ketones (excluding diaryl/α,β-unsaturated/α-hetero) is 1. The molecule has 0 heterocycles. The van der Waals surface area contributed by atoms with E-state index in [0.29, 0.717) is 12.1 Å². The molecule has 1 aromatic carbocycles. The molecule has 1 rings (SSSR count). The van der Waals surface area contributed by atoms with Crippen LogP contribution in [0.15, 0.2) is 12.1 Å². The number of nitro groups is 1. The van der Waals surface area contributed by atoms with Crippen molar-refractivity contribution in [3.63, 3.8) is 0 Å². The van der Waals surface area contributed by atoms with Crippen molar-refractivity contribution in [3.05, 3.63) is 39.2 Å². The third-order valence-electron chi connectivity index (χ3n) is 1.98. The summed E-state index contributed by atoms with van der Waals surface area (Å²) in [5, 5.41) is 10.3. The predicted molar refractivity (Wildman–Crippen MR) is 48.1 cm³/mol. The van der Waals surface area contributed by atoms with Crippen molar-refractivity contribution in [1.82, 2.24) is 0 Å². The zero-order valence-electron chi connectivity index (χ0n) is 8.34. The van der Waals surface area contributed by atoms with Crippen LogP contribution in [0, 0.1) is 15.9 Å². The molecule has 0 radical (unpaired) electrons. The molecule has 0 saturated carbocycles. The summed E-state index contributed by atoms with van der Waals surface area (Å²) < 4.78 is 50.8. The molecule has 0 fully saturated rings. The number of carbonyl (C=O) groups excluding carboxylic acids is 1. The number of halogens is 4. The molecular weight excluding hydrogens is 246 g/mol. The van der Waals surface area contributed by atoms with Gasteiger partial charge in [-0.15, -0.1) is 0 Å². The number of hydrogen-bond acceptors (Lipinski definition) is 3. The van der Waals surface area contributed by atoms with Crippen LogP contribution in [0.2, 0.25) is 0 Å². The SMILES string of the molecule is CC(=O)c1ccc([N+](=O)[O-])c(F)c1C(F)(F)F. The fourth-order valence-corrected chi connectivity index (χ4v) is 1.28. The fourth-order valence-electron chi connectivity index (χ4n) is 1.28. The van der Waals surface area contributed by atoms with Gasteiger partial charge in [0.15, 0.2) is 5.78 Å². The lowest BCUT2D eigenvalue weighted by Crippen LogP contribution is -2.15. The average molecular weight is 251 g/mol. The zero-order chi connectivity index (χ0) is 13.4. The van der Waals surface area contributed by atoms with Crippen molar-refractivity contribution in [2.24, 2.45) is 0 Å². The number of benzene rings is 1. The van der Waals surface area contributed by atoms with E-state index in [1.165, 1.54) is 0 Å². The number of alkyl halides is 3. The van der Waals surface area contributed by atoms with Crippen molar-refractivity contribution >= 4 is 11.5 Å². The Morgan fingerprint density at radius 1 is 1.35 bits per heavy atom. The van der Waals surface area contributed by atoms with Crippen LogP contribution in [0.25, 0.3) is 0 Å². The molecule has 0 saturated heterocycles. The molecule has 0 aliphatic rings. The van der Waals surface area contributed by atoms with Gasteiger partial charge < -0.3 is 0 Å². The molecule has 0 aliphatic heterocycles. The molecule has 0 bridgehead atoms. The van der Waals surface area contributed by atoms with E-state index in [1.807, 2.05) is 0 Å². The normalized spacial score (nSPS) is 11.4. The fraction of sp³-hybridized carbons (Fsp3) is 0.222. The molecule has 92 valence electrons. The third kappa shape index (κ3) is 2.40. The monoisotopic (exact) mass is 251 g/mol. The largest absolute Gasteiger partial charge is 0.420 e. The van der Waals surface area contributed by atoms with Crippen molar-refractivity contribution in [2.45, 2.75) is 13.1 Å². The van der Waals surface area contributed by atoms with Gasteiger partial charge in [0.25, 0.3) is 0 Å². The van der Waals surface area contributed by atoms with Gasteiger partial charge in [-0.05, 0) is 13.0 Å². The molecule has 0 aliphatic carbocycles. The van der Waals surface area contributed by atoms with Crippen LogP contribution in [0.3, 0.4) is 0 Å². The van der Waals surface area contributed by atoms with E-state index >= 15 is 0 Å². The minimum Gasteiger partial charge on any atom is -0.294 e. The van der Waals surface area contributed by atoms with Crippen LogP contribution in [0.4, 0.5) is 23.2 Å². The van der Waals surface area contributed by atoms with Gasteiger partial charge in [0.2, 0.25) is 5.82 Å². The van der Waals surface area contributed by atoms with E-state index < -0.39 is 39.5 Å². The highest BCUT2D eigenvalue weighted by Crippen LogP contribution is 2.37. The highest BCUT2D eigenvalue weighted by molar-refractivity contribution is 5.96. The predicted octanol–water partition coefficient (Wildman–Crippen LogP) is 2.96. The second-order valence-electron chi connectivity index (χ2n) is 3.13. The lowest BCUT2D eigenvalue weighted by molar-refractivity contribution is -0.387. The minimum atomic E-state index is -5.17. The zero-order valence-corrected chi connectivity index (χ0v) is 8.34. The second-order valence-corrected chi connectivity index (χ2v) is 3.13. The Balaban J connectivity index is 3.65. The van der Waals surface area contributed by atoms with E-state index in [4.69, 9.17) is 0 Å². The standard InChI is InChI=1S/C9H5F4NO3/c1-4(15)5-2-3-6(14(16)17)8(10)7(5)9(11,12)13/h2-3H,1H3. The second kappa shape index (κ2) is 4.11. The smallest absolute Gasteiger partial charge is 0.294 e. The van der Waals surface area contributed by atoms with Crippen molar-refractivity contribution < 1.29 is 27.3 Å². The molecule has 0 aromatic heterocycles. The van der Waals surface area contributed by atoms with Crippen LogP contribution >= 0.6 is 0 Å². The molecule has 8 heteroatoms. The van der Waals surface area contributed by atoms with E-state index in [-0.39, 0.29) is 0 Å². The Hall–Kier alpha value is -1.99. The van der Waals surface area contributed by atoms with Crippen molar-refractivity contribution in [3.8, 4) is 0 Å². The highest BCUT2D eigenvalue weighted by Gasteiger charge is 2.41. The lowest BCUT2D eigenvalue weighted by Gasteiger charge is -2.11. The van der Waals surface area contributed by atoms with Gasteiger partial charge in [-0.2, -0.15) is 17.6 Å². The highest BCUT2D eigenvalue weighted by atomic mass is 19.4. The molecule has 0 atom stereocenters. The Labute approximate surface area is 92.0 Å². The van der Waals surface area contributed by atoms with Gasteiger partial charge in [0.05, 0.1) is 4.92 Å². The third-order valence-corrected chi connectivity index (χ3v) is 1.98. The Morgan fingerprint density at radius 3 is 2.24 bits per heavy atom. The Kier molecular flexibility index (Phi) is 3.16. The number of hydrogen-bond donors (Lipinski definition) is 0. The molecule has 0 unspecified atom stereocenters. The molecular formula is C9H5F4NO3. The summed E-state index contributed by atoms with van der Waals surface area (Å²) in [4.78, 5) is 19.9. The molecule has 0 spiro atoms. The lowest BCUT2D eigenvalue weighted by atomic mass is 10.0. The minimum absolute atomic E-state index is 0.529. The van der Waals surface area contributed by atoms with E-state index in [2.05, 4.69) is 0 Å². The van der Waals surface area contributed by atoms with Gasteiger partial charge >= 0.3 is 11.9 Å². The van der Waals surface area contributed by atoms with Gasteiger partial charge in [0, 0.05) is 11.6 Å². The summed E-state index contributed by atoms with van der Waals surface area (Å²) in [7, 11) is 0. The molecule has 17 heavy (non-hydrogen) atoms. The number of ketones is 1. The molecule has 4 nitrogen and oxygen atoms in total. The topological polar surface area (TPSA) is 60.2 Å². The summed E-state index contributed by atoms with van der Waals surface area (Å²) in [6.07, 6.45) is -5.17. The quantitative estimate of drug-likeness (QED) is 0.351. The van der Waals surface area contributed by atoms with Crippen molar-refractivity contribution in [1.29, 1.82) is 0 Å². The van der Waals surface area contributed by atoms with E-state index in [0.717, 1.165) is 6.92 Å². The van der Waals surface area contributed by atoms with Crippen molar-refractivity contribution in [2.75, 3.05) is 0 Å². The molecule has 0 amide bonds. The summed E-state index contributed by atoms with van der Waals surface area (Å²) >= 11 is 0. The summed E-state index contributed by atoms with van der Waals surface area (Å²) in [6.45, 7) is 0.815.